The SMILES string of the molecule is COc1cc([C@@H](CC(F)(F)F)N2CCNCC2)cc(OC)c1O.Cl.Cl. The third kappa shape index (κ3) is 6.29. The van der Waals surface area contributed by atoms with E-state index >= 15 is 0 Å². The fourth-order valence-corrected chi connectivity index (χ4v) is 2.78. The first-order valence-corrected chi connectivity index (χ1v) is 7.32. The maximum atomic E-state index is 13.0. The molecule has 1 aromatic carbocycles. The Morgan fingerprint density at radius 3 is 2.00 bits per heavy atom. The maximum Gasteiger partial charge on any atom is 0.390 e. The molecule has 0 spiro atoms. The van der Waals surface area contributed by atoms with Crippen LogP contribution in [0.4, 0.5) is 13.2 Å². The molecule has 2 rings (SSSR count). The van der Waals surface area contributed by atoms with Crippen molar-refractivity contribution in [3.05, 3.63) is 17.7 Å². The van der Waals surface area contributed by atoms with E-state index in [1.165, 1.54) is 26.4 Å². The number of methoxy groups -OCH3 is 2. The standard InChI is InChI=1S/C15H21F3N2O3.2ClH/c1-22-12-7-10(8-13(23-2)14(12)21)11(9-15(16,17)18)20-5-3-19-4-6-20;;/h7-8,11,19,21H,3-6,9H2,1-2H3;2*1H/t11-;;/m1../s1. The highest BCUT2D eigenvalue weighted by Gasteiger charge is 2.36. The second-order valence-corrected chi connectivity index (χ2v) is 5.40. The lowest BCUT2D eigenvalue weighted by molar-refractivity contribution is -0.148. The highest BCUT2D eigenvalue weighted by atomic mass is 35.5. The van der Waals surface area contributed by atoms with Gasteiger partial charge in [-0.15, -0.1) is 24.8 Å². The molecule has 0 unspecified atom stereocenters. The van der Waals surface area contributed by atoms with E-state index in [-0.39, 0.29) is 42.1 Å². The molecule has 1 aliphatic rings. The van der Waals surface area contributed by atoms with E-state index in [0.717, 1.165) is 0 Å². The lowest BCUT2D eigenvalue weighted by atomic mass is 9.99. The van der Waals surface area contributed by atoms with E-state index in [1.54, 1.807) is 4.90 Å². The number of alkyl halides is 3. The lowest BCUT2D eigenvalue weighted by Gasteiger charge is -2.36. The van der Waals surface area contributed by atoms with Crippen molar-refractivity contribution in [3.63, 3.8) is 0 Å². The van der Waals surface area contributed by atoms with Crippen LogP contribution in [-0.2, 0) is 0 Å². The number of phenols is 1. The van der Waals surface area contributed by atoms with Gasteiger partial charge in [-0.2, -0.15) is 13.2 Å². The van der Waals surface area contributed by atoms with Crippen molar-refractivity contribution in [2.24, 2.45) is 0 Å². The molecule has 1 atom stereocenters. The van der Waals surface area contributed by atoms with Crippen LogP contribution in [-0.4, -0.2) is 56.6 Å². The molecular formula is C15H23Cl2F3N2O3. The van der Waals surface area contributed by atoms with Crippen LogP contribution in [0.5, 0.6) is 17.2 Å². The highest BCUT2D eigenvalue weighted by molar-refractivity contribution is 5.85. The molecule has 1 fully saturated rings. The molecule has 5 nitrogen and oxygen atoms in total. The Morgan fingerprint density at radius 2 is 1.60 bits per heavy atom. The summed E-state index contributed by atoms with van der Waals surface area (Å²) in [5, 5.41) is 13.1. The molecule has 25 heavy (non-hydrogen) atoms. The molecule has 146 valence electrons. The van der Waals surface area contributed by atoms with Crippen LogP contribution in [0.1, 0.15) is 18.0 Å². The Hall–Kier alpha value is -1.09. The minimum Gasteiger partial charge on any atom is -0.502 e. The summed E-state index contributed by atoms with van der Waals surface area (Å²) in [4.78, 5) is 1.79. The van der Waals surface area contributed by atoms with Crippen molar-refractivity contribution < 1.29 is 27.8 Å². The van der Waals surface area contributed by atoms with Gasteiger partial charge < -0.3 is 19.9 Å². The van der Waals surface area contributed by atoms with Crippen LogP contribution in [0.3, 0.4) is 0 Å². The summed E-state index contributed by atoms with van der Waals surface area (Å²) in [5.74, 6) is -0.0202. The first-order valence-electron chi connectivity index (χ1n) is 7.32. The summed E-state index contributed by atoms with van der Waals surface area (Å²) in [6.45, 7) is 2.32. The Kier molecular flexibility index (Phi) is 9.71. The monoisotopic (exact) mass is 406 g/mol. The van der Waals surface area contributed by atoms with E-state index in [1.807, 2.05) is 0 Å². The number of hydrogen-bond donors (Lipinski definition) is 2. The number of phenolic OH excluding ortho intramolecular Hbond substituents is 1. The Labute approximate surface area is 157 Å². The van der Waals surface area contributed by atoms with E-state index in [2.05, 4.69) is 5.32 Å². The third-order valence-electron chi connectivity index (χ3n) is 3.90. The number of benzene rings is 1. The summed E-state index contributed by atoms with van der Waals surface area (Å²) in [7, 11) is 2.70. The number of piperazine rings is 1. The molecule has 1 heterocycles. The fraction of sp³-hybridized carbons (Fsp3) is 0.600. The molecule has 0 amide bonds. The lowest BCUT2D eigenvalue weighted by Crippen LogP contribution is -2.46. The summed E-state index contributed by atoms with van der Waals surface area (Å²) in [6, 6.07) is 2.03. The molecule has 1 aromatic rings. The number of rotatable bonds is 5. The number of hydrogen-bond acceptors (Lipinski definition) is 5. The number of halogens is 5. The van der Waals surface area contributed by atoms with E-state index in [4.69, 9.17) is 9.47 Å². The second kappa shape index (κ2) is 10.2. The van der Waals surface area contributed by atoms with Gasteiger partial charge in [-0.3, -0.25) is 4.90 Å². The van der Waals surface area contributed by atoms with Crippen LogP contribution < -0.4 is 14.8 Å². The van der Waals surface area contributed by atoms with E-state index in [9.17, 15) is 18.3 Å². The second-order valence-electron chi connectivity index (χ2n) is 5.40. The van der Waals surface area contributed by atoms with Crippen LogP contribution in [0, 0.1) is 0 Å². The van der Waals surface area contributed by atoms with Gasteiger partial charge in [0.2, 0.25) is 5.75 Å². The maximum absolute atomic E-state index is 13.0. The van der Waals surface area contributed by atoms with Gasteiger partial charge in [0.25, 0.3) is 0 Å². The Morgan fingerprint density at radius 1 is 1.12 bits per heavy atom. The summed E-state index contributed by atoms with van der Waals surface area (Å²) < 4.78 is 49.2. The van der Waals surface area contributed by atoms with Crippen LogP contribution >= 0.6 is 24.8 Å². The largest absolute Gasteiger partial charge is 0.502 e. The number of aromatic hydroxyl groups is 1. The zero-order valence-electron chi connectivity index (χ0n) is 13.9. The van der Waals surface area contributed by atoms with Crippen molar-refractivity contribution in [3.8, 4) is 17.2 Å². The number of ether oxygens (including phenoxy) is 2. The topological polar surface area (TPSA) is 54.0 Å². The minimum absolute atomic E-state index is 0. The molecule has 0 radical (unpaired) electrons. The minimum atomic E-state index is -4.30. The van der Waals surface area contributed by atoms with E-state index in [0.29, 0.717) is 31.7 Å². The van der Waals surface area contributed by atoms with Crippen LogP contribution in [0.15, 0.2) is 12.1 Å². The van der Waals surface area contributed by atoms with Crippen molar-refractivity contribution in [2.45, 2.75) is 18.6 Å². The van der Waals surface area contributed by atoms with Crippen LogP contribution in [0.25, 0.3) is 0 Å². The first kappa shape index (κ1) is 23.9. The average molecular weight is 407 g/mol. The number of nitrogens with one attached hydrogen (secondary N) is 1. The fourth-order valence-electron chi connectivity index (χ4n) is 2.78. The van der Waals surface area contributed by atoms with Gasteiger partial charge in [-0.25, -0.2) is 0 Å². The van der Waals surface area contributed by atoms with Crippen LogP contribution in [0.2, 0.25) is 0 Å². The molecule has 2 N–H and O–H groups in total. The van der Waals surface area contributed by atoms with Gasteiger partial charge in [0.05, 0.1) is 20.6 Å². The van der Waals surface area contributed by atoms with E-state index < -0.39 is 18.6 Å². The predicted molar refractivity (Wildman–Crippen MR) is 93.6 cm³/mol. The van der Waals surface area contributed by atoms with Gasteiger partial charge in [-0.05, 0) is 17.7 Å². The Bertz CT molecular complexity index is 516. The van der Waals surface area contributed by atoms with Crippen molar-refractivity contribution >= 4 is 24.8 Å². The highest BCUT2D eigenvalue weighted by Crippen LogP contribution is 2.42. The molecule has 0 aromatic heterocycles. The molecule has 0 saturated carbocycles. The molecule has 1 aliphatic heterocycles. The summed E-state index contributed by atoms with van der Waals surface area (Å²) in [6.07, 6.45) is -5.27. The normalized spacial score (nSPS) is 16.4. The van der Waals surface area contributed by atoms with Crippen molar-refractivity contribution in [1.82, 2.24) is 10.2 Å². The quantitative estimate of drug-likeness (QED) is 0.786. The molecule has 0 bridgehead atoms. The van der Waals surface area contributed by atoms with Gasteiger partial charge in [-0.1, -0.05) is 0 Å². The Balaban J connectivity index is 0.00000288. The predicted octanol–water partition coefficient (Wildman–Crippen LogP) is 3.15. The average Bonchev–Trinajstić information content (AvgIpc) is 2.53. The van der Waals surface area contributed by atoms with Gasteiger partial charge >= 0.3 is 6.18 Å². The van der Waals surface area contributed by atoms with Gasteiger partial charge in [0.15, 0.2) is 11.5 Å². The molecular weight excluding hydrogens is 384 g/mol. The zero-order valence-corrected chi connectivity index (χ0v) is 15.6. The van der Waals surface area contributed by atoms with Crippen molar-refractivity contribution in [1.29, 1.82) is 0 Å². The smallest absolute Gasteiger partial charge is 0.390 e. The van der Waals surface area contributed by atoms with Gasteiger partial charge in [0, 0.05) is 32.2 Å². The number of nitrogens with zero attached hydrogens (tertiary/aromatic N) is 1. The molecule has 10 heteroatoms. The summed E-state index contributed by atoms with van der Waals surface area (Å²) in [5.41, 5.74) is 0.413. The molecule has 1 saturated heterocycles. The first-order chi connectivity index (χ1) is 10.9. The third-order valence-corrected chi connectivity index (χ3v) is 3.90. The van der Waals surface area contributed by atoms with Crippen molar-refractivity contribution in [2.75, 3.05) is 40.4 Å². The zero-order chi connectivity index (χ0) is 17.0. The molecule has 0 aliphatic carbocycles. The van der Waals surface area contributed by atoms with Gasteiger partial charge in [0.1, 0.15) is 0 Å². The summed E-state index contributed by atoms with van der Waals surface area (Å²) >= 11 is 0.